The van der Waals surface area contributed by atoms with Crippen molar-refractivity contribution < 1.29 is 13.2 Å². The van der Waals surface area contributed by atoms with Gasteiger partial charge >= 0.3 is 6.18 Å². The van der Waals surface area contributed by atoms with Gasteiger partial charge < -0.3 is 16.0 Å². The molecule has 0 aliphatic heterocycles. The zero-order valence-corrected chi connectivity index (χ0v) is 11.8. The highest BCUT2D eigenvalue weighted by atomic mass is 19.4. The molecule has 0 fully saturated rings. The highest BCUT2D eigenvalue weighted by Gasteiger charge is 2.33. The number of nitrogens with one attached hydrogen (secondary N) is 1. The first-order valence-electron chi connectivity index (χ1n) is 6.40. The first-order valence-corrected chi connectivity index (χ1v) is 6.40. The minimum absolute atomic E-state index is 0.0855. The molecule has 0 saturated carbocycles. The number of hydrogen-bond acceptors (Lipinski definition) is 5. The maximum absolute atomic E-state index is 12.6. The monoisotopic (exact) mass is 291 g/mol. The average molecular weight is 291 g/mol. The molecular formula is C12H20F3N5. The summed E-state index contributed by atoms with van der Waals surface area (Å²) in [4.78, 5) is 9.04. The van der Waals surface area contributed by atoms with Gasteiger partial charge in [-0.25, -0.2) is 4.98 Å². The van der Waals surface area contributed by atoms with Gasteiger partial charge in [0, 0.05) is 25.2 Å². The smallest absolute Gasteiger partial charge is 0.369 e. The van der Waals surface area contributed by atoms with Crippen molar-refractivity contribution in [2.24, 2.45) is 0 Å². The van der Waals surface area contributed by atoms with Crippen molar-refractivity contribution in [1.29, 1.82) is 0 Å². The summed E-state index contributed by atoms with van der Waals surface area (Å²) in [7, 11) is 1.96. The number of hydrogen-bond donors (Lipinski definition) is 2. The van der Waals surface area contributed by atoms with Gasteiger partial charge in [-0.2, -0.15) is 18.2 Å². The van der Waals surface area contributed by atoms with Crippen LogP contribution in [0.2, 0.25) is 0 Å². The van der Waals surface area contributed by atoms with Crippen molar-refractivity contribution in [2.45, 2.75) is 32.5 Å². The molecule has 0 radical (unpaired) electrons. The van der Waals surface area contributed by atoms with Crippen molar-refractivity contribution in [3.63, 3.8) is 0 Å². The van der Waals surface area contributed by atoms with Crippen LogP contribution < -0.4 is 11.1 Å². The van der Waals surface area contributed by atoms with Crippen molar-refractivity contribution in [3.05, 3.63) is 11.8 Å². The van der Waals surface area contributed by atoms with Crippen LogP contribution in [0.1, 0.15) is 26.0 Å². The number of rotatable bonds is 6. The third-order valence-corrected chi connectivity index (χ3v) is 3.15. The summed E-state index contributed by atoms with van der Waals surface area (Å²) in [5.74, 6) is -0.306. The minimum Gasteiger partial charge on any atom is -0.369 e. The number of nitrogens with two attached hydrogens (primary N) is 1. The Balaban J connectivity index is 2.63. The molecule has 114 valence electrons. The van der Waals surface area contributed by atoms with Crippen LogP contribution in [0.3, 0.4) is 0 Å². The Morgan fingerprint density at radius 3 is 2.60 bits per heavy atom. The maximum atomic E-state index is 12.6. The lowest BCUT2D eigenvalue weighted by atomic mass is 10.2. The molecule has 0 saturated heterocycles. The van der Waals surface area contributed by atoms with Crippen molar-refractivity contribution in [3.8, 4) is 0 Å². The van der Waals surface area contributed by atoms with E-state index in [2.05, 4.69) is 34.0 Å². The number of nitrogens with zero attached hydrogens (tertiary/aromatic N) is 3. The van der Waals surface area contributed by atoms with Crippen LogP contribution in [0.15, 0.2) is 6.07 Å². The van der Waals surface area contributed by atoms with E-state index in [4.69, 9.17) is 5.73 Å². The number of aromatic nitrogens is 2. The van der Waals surface area contributed by atoms with E-state index < -0.39 is 17.8 Å². The Morgan fingerprint density at radius 1 is 1.40 bits per heavy atom. The van der Waals surface area contributed by atoms with E-state index in [0.29, 0.717) is 19.1 Å². The number of halogens is 3. The molecule has 3 N–H and O–H groups in total. The molecule has 20 heavy (non-hydrogen) atoms. The molecule has 1 atom stereocenters. The van der Waals surface area contributed by atoms with Crippen molar-refractivity contribution in [2.75, 3.05) is 31.2 Å². The Morgan fingerprint density at radius 2 is 2.05 bits per heavy atom. The zero-order valence-electron chi connectivity index (χ0n) is 11.8. The van der Waals surface area contributed by atoms with Crippen LogP contribution in [-0.2, 0) is 6.18 Å². The molecule has 0 aliphatic rings. The fourth-order valence-corrected chi connectivity index (χ4v) is 1.59. The molecular weight excluding hydrogens is 271 g/mol. The van der Waals surface area contributed by atoms with Crippen LogP contribution in [0.25, 0.3) is 0 Å². The quantitative estimate of drug-likeness (QED) is 0.841. The Hall–Kier alpha value is -1.57. The SMILES string of the molecule is CCC(C)N(C)CCNc1cc(C(F)(F)F)nc(N)n1. The topological polar surface area (TPSA) is 67.1 Å². The van der Waals surface area contributed by atoms with Gasteiger partial charge in [0.25, 0.3) is 0 Å². The molecule has 0 amide bonds. The van der Waals surface area contributed by atoms with E-state index in [1.165, 1.54) is 0 Å². The van der Waals surface area contributed by atoms with Crippen LogP contribution in [0.5, 0.6) is 0 Å². The molecule has 0 aromatic carbocycles. The summed E-state index contributed by atoms with van der Waals surface area (Å²) in [6.45, 7) is 5.34. The Labute approximate surface area is 116 Å². The van der Waals surface area contributed by atoms with E-state index in [-0.39, 0.29) is 5.82 Å². The van der Waals surface area contributed by atoms with E-state index in [9.17, 15) is 13.2 Å². The predicted molar refractivity (Wildman–Crippen MR) is 72.3 cm³/mol. The normalized spacial score (nSPS) is 13.6. The first kappa shape index (κ1) is 16.5. The average Bonchev–Trinajstić information content (AvgIpc) is 2.36. The summed E-state index contributed by atoms with van der Waals surface area (Å²) in [5, 5.41) is 2.84. The molecule has 1 aromatic rings. The molecule has 5 nitrogen and oxygen atoms in total. The van der Waals surface area contributed by atoms with E-state index in [1.54, 1.807) is 0 Å². The van der Waals surface area contributed by atoms with Gasteiger partial charge in [-0.15, -0.1) is 0 Å². The molecule has 0 bridgehead atoms. The summed E-state index contributed by atoms with van der Waals surface area (Å²) in [6, 6.07) is 1.28. The lowest BCUT2D eigenvalue weighted by Crippen LogP contribution is -2.32. The van der Waals surface area contributed by atoms with Gasteiger partial charge in [0.15, 0.2) is 5.69 Å². The van der Waals surface area contributed by atoms with Gasteiger partial charge in [0.05, 0.1) is 0 Å². The number of anilines is 2. The molecule has 8 heteroatoms. The largest absolute Gasteiger partial charge is 0.433 e. The first-order chi connectivity index (χ1) is 9.24. The fraction of sp³-hybridized carbons (Fsp3) is 0.667. The van der Waals surface area contributed by atoms with Gasteiger partial charge in [0.1, 0.15) is 5.82 Å². The highest BCUT2D eigenvalue weighted by Crippen LogP contribution is 2.29. The summed E-state index contributed by atoms with van der Waals surface area (Å²) in [6.07, 6.45) is -3.52. The van der Waals surface area contributed by atoms with Gasteiger partial charge in [0.2, 0.25) is 5.95 Å². The standard InChI is InChI=1S/C12H20F3N5/c1-4-8(2)20(3)6-5-17-10-7-9(12(13,14)15)18-11(16)19-10/h7-8H,4-6H2,1-3H3,(H3,16,17,18,19). The van der Waals surface area contributed by atoms with E-state index in [0.717, 1.165) is 12.5 Å². The highest BCUT2D eigenvalue weighted by molar-refractivity contribution is 5.41. The number of likely N-dealkylation sites (N-methyl/N-ethyl adjacent to an activating group) is 1. The molecule has 1 heterocycles. The predicted octanol–water partition coefficient (Wildman–Crippen LogP) is 2.22. The second-order valence-electron chi connectivity index (χ2n) is 4.66. The molecule has 0 spiro atoms. The molecule has 1 aromatic heterocycles. The van der Waals surface area contributed by atoms with Gasteiger partial charge in [-0.05, 0) is 20.4 Å². The summed E-state index contributed by atoms with van der Waals surface area (Å²) < 4.78 is 37.7. The van der Waals surface area contributed by atoms with Crippen LogP contribution in [-0.4, -0.2) is 41.0 Å². The zero-order chi connectivity index (χ0) is 15.3. The Bertz CT molecular complexity index is 436. The molecule has 0 aliphatic carbocycles. The van der Waals surface area contributed by atoms with Crippen molar-refractivity contribution in [1.82, 2.24) is 14.9 Å². The summed E-state index contributed by atoms with van der Waals surface area (Å²) in [5.41, 5.74) is 4.25. The van der Waals surface area contributed by atoms with Crippen LogP contribution in [0, 0.1) is 0 Å². The molecule has 1 unspecified atom stereocenters. The van der Waals surface area contributed by atoms with Crippen LogP contribution >= 0.6 is 0 Å². The van der Waals surface area contributed by atoms with E-state index in [1.807, 2.05) is 7.05 Å². The van der Waals surface area contributed by atoms with E-state index >= 15 is 0 Å². The molecule has 1 rings (SSSR count). The van der Waals surface area contributed by atoms with Crippen LogP contribution in [0.4, 0.5) is 24.9 Å². The van der Waals surface area contributed by atoms with Gasteiger partial charge in [-0.1, -0.05) is 6.92 Å². The lowest BCUT2D eigenvalue weighted by Gasteiger charge is -2.23. The third-order valence-electron chi connectivity index (χ3n) is 3.15. The number of nitrogen functional groups attached to an aromatic ring is 1. The third kappa shape index (κ3) is 4.84. The van der Waals surface area contributed by atoms with Crippen molar-refractivity contribution >= 4 is 11.8 Å². The second kappa shape index (κ2) is 6.74. The minimum atomic E-state index is -4.53. The number of alkyl halides is 3. The Kier molecular flexibility index (Phi) is 5.55. The fourth-order valence-electron chi connectivity index (χ4n) is 1.59. The lowest BCUT2D eigenvalue weighted by molar-refractivity contribution is -0.141. The van der Waals surface area contributed by atoms with Gasteiger partial charge in [-0.3, -0.25) is 0 Å². The maximum Gasteiger partial charge on any atom is 0.433 e. The second-order valence-corrected chi connectivity index (χ2v) is 4.66. The summed E-state index contributed by atoms with van der Waals surface area (Å²) >= 11 is 0.